The number of aromatic nitrogens is 1. The van der Waals surface area contributed by atoms with Crippen molar-refractivity contribution in [1.82, 2.24) is 4.98 Å². The molecule has 0 aliphatic carbocycles. The number of nitrogens with zero attached hydrogens (tertiary/aromatic N) is 1. The van der Waals surface area contributed by atoms with Crippen molar-refractivity contribution < 1.29 is 13.9 Å². The van der Waals surface area contributed by atoms with E-state index in [4.69, 9.17) is 9.47 Å². The summed E-state index contributed by atoms with van der Waals surface area (Å²) >= 11 is 3.41. The summed E-state index contributed by atoms with van der Waals surface area (Å²) in [6.07, 6.45) is 1.69. The molecular weight excluding hydrogens is 421 g/mol. The smallest absolute Gasteiger partial charge is 0.214 e. The van der Waals surface area contributed by atoms with Crippen LogP contribution < -0.4 is 9.47 Å². The van der Waals surface area contributed by atoms with E-state index >= 15 is 0 Å². The zero-order valence-corrected chi connectivity index (χ0v) is 18.0. The molecule has 0 bridgehead atoms. The maximum absolute atomic E-state index is 14.6. The van der Waals surface area contributed by atoms with Crippen LogP contribution in [0, 0.1) is 5.82 Å². The summed E-state index contributed by atoms with van der Waals surface area (Å²) in [6, 6.07) is 14.5. The maximum atomic E-state index is 14.6. The average molecular weight is 444 g/mol. The summed E-state index contributed by atoms with van der Waals surface area (Å²) in [6.45, 7) is 6.73. The molecule has 0 N–H and O–H groups in total. The van der Waals surface area contributed by atoms with E-state index in [-0.39, 0.29) is 11.2 Å². The molecule has 3 aromatic rings. The number of pyridine rings is 1. The first-order valence-corrected chi connectivity index (χ1v) is 9.79. The average Bonchev–Trinajstić information content (AvgIpc) is 2.66. The van der Waals surface area contributed by atoms with Gasteiger partial charge in [0.1, 0.15) is 18.2 Å². The van der Waals surface area contributed by atoms with E-state index in [1.807, 2.05) is 24.3 Å². The Balaban J connectivity index is 1.97. The summed E-state index contributed by atoms with van der Waals surface area (Å²) in [4.78, 5) is 4.21. The largest absolute Gasteiger partial charge is 0.497 e. The van der Waals surface area contributed by atoms with Crippen LogP contribution in [-0.2, 0) is 12.0 Å². The molecule has 0 atom stereocenters. The highest BCUT2D eigenvalue weighted by Crippen LogP contribution is 2.36. The standard InChI is InChI=1S/C23H23BrFNO2/c1-23(2,3)20-11-15(14-28-22-12-16(24)9-10-26-22)5-7-18(20)19-13-17(27-4)6-8-21(19)25/h5-13H,14H2,1-4H3. The molecule has 28 heavy (non-hydrogen) atoms. The van der Waals surface area contributed by atoms with E-state index in [0.29, 0.717) is 23.8 Å². The lowest BCUT2D eigenvalue weighted by Crippen LogP contribution is -2.14. The van der Waals surface area contributed by atoms with E-state index in [0.717, 1.165) is 21.2 Å². The Labute approximate surface area is 173 Å². The number of ether oxygens (including phenoxy) is 2. The molecule has 0 unspecified atom stereocenters. The number of methoxy groups -OCH3 is 1. The van der Waals surface area contributed by atoms with Crippen molar-refractivity contribution in [2.75, 3.05) is 7.11 Å². The number of hydrogen-bond donors (Lipinski definition) is 0. The van der Waals surface area contributed by atoms with Gasteiger partial charge in [0.2, 0.25) is 5.88 Å². The van der Waals surface area contributed by atoms with E-state index in [1.54, 1.807) is 25.4 Å². The van der Waals surface area contributed by atoms with Gasteiger partial charge >= 0.3 is 0 Å². The van der Waals surface area contributed by atoms with Crippen LogP contribution in [-0.4, -0.2) is 12.1 Å². The monoisotopic (exact) mass is 443 g/mol. The number of rotatable bonds is 5. The molecule has 1 heterocycles. The van der Waals surface area contributed by atoms with Crippen LogP contribution >= 0.6 is 15.9 Å². The highest BCUT2D eigenvalue weighted by Gasteiger charge is 2.21. The highest BCUT2D eigenvalue weighted by atomic mass is 79.9. The minimum absolute atomic E-state index is 0.172. The summed E-state index contributed by atoms with van der Waals surface area (Å²) in [7, 11) is 1.58. The minimum atomic E-state index is -0.270. The maximum Gasteiger partial charge on any atom is 0.214 e. The second-order valence-electron chi connectivity index (χ2n) is 7.58. The Morgan fingerprint density at radius 3 is 2.46 bits per heavy atom. The van der Waals surface area contributed by atoms with Gasteiger partial charge in [-0.15, -0.1) is 0 Å². The zero-order chi connectivity index (χ0) is 20.3. The first kappa shape index (κ1) is 20.3. The third-order valence-electron chi connectivity index (χ3n) is 4.44. The van der Waals surface area contributed by atoms with Gasteiger partial charge in [0.15, 0.2) is 0 Å². The Morgan fingerprint density at radius 2 is 1.79 bits per heavy atom. The lowest BCUT2D eigenvalue weighted by atomic mass is 9.81. The van der Waals surface area contributed by atoms with Gasteiger partial charge in [0.05, 0.1) is 7.11 Å². The first-order chi connectivity index (χ1) is 13.3. The zero-order valence-electron chi connectivity index (χ0n) is 16.4. The van der Waals surface area contributed by atoms with E-state index in [1.165, 1.54) is 6.07 Å². The molecule has 0 fully saturated rings. The third-order valence-corrected chi connectivity index (χ3v) is 4.93. The molecule has 146 valence electrons. The Hall–Kier alpha value is -2.40. The molecule has 3 nitrogen and oxygen atoms in total. The molecule has 2 aromatic carbocycles. The van der Waals surface area contributed by atoms with Gasteiger partial charge in [-0.05, 0) is 46.4 Å². The quantitative estimate of drug-likeness (QED) is 0.448. The molecule has 0 saturated carbocycles. The Morgan fingerprint density at radius 1 is 1.00 bits per heavy atom. The van der Waals surface area contributed by atoms with Crippen molar-refractivity contribution in [1.29, 1.82) is 0 Å². The van der Waals surface area contributed by atoms with Gasteiger partial charge in [0.25, 0.3) is 0 Å². The van der Waals surface area contributed by atoms with Gasteiger partial charge < -0.3 is 9.47 Å². The van der Waals surface area contributed by atoms with Crippen LogP contribution in [0.1, 0.15) is 31.9 Å². The molecule has 0 saturated heterocycles. The second kappa shape index (κ2) is 8.31. The van der Waals surface area contributed by atoms with Gasteiger partial charge in [-0.1, -0.05) is 54.9 Å². The molecular formula is C23H23BrFNO2. The summed E-state index contributed by atoms with van der Waals surface area (Å²) in [5, 5.41) is 0. The number of halogens is 2. The molecule has 0 amide bonds. The van der Waals surface area contributed by atoms with Gasteiger partial charge in [0, 0.05) is 22.3 Å². The molecule has 0 radical (unpaired) electrons. The van der Waals surface area contributed by atoms with Crippen LogP contribution in [0.5, 0.6) is 11.6 Å². The summed E-state index contributed by atoms with van der Waals surface area (Å²) in [5.74, 6) is 0.910. The minimum Gasteiger partial charge on any atom is -0.497 e. The number of hydrogen-bond acceptors (Lipinski definition) is 3. The molecule has 0 aliphatic heterocycles. The first-order valence-electron chi connectivity index (χ1n) is 8.99. The predicted octanol–water partition coefficient (Wildman–Crippen LogP) is 6.54. The van der Waals surface area contributed by atoms with Crippen LogP contribution in [0.25, 0.3) is 11.1 Å². The van der Waals surface area contributed by atoms with E-state index in [2.05, 4.69) is 47.8 Å². The van der Waals surface area contributed by atoms with Crippen molar-refractivity contribution in [3.05, 3.63) is 76.1 Å². The SMILES string of the molecule is COc1ccc(F)c(-c2ccc(COc3cc(Br)ccn3)cc2C(C)(C)C)c1. The fraction of sp³-hybridized carbons (Fsp3) is 0.261. The molecule has 5 heteroatoms. The van der Waals surface area contributed by atoms with Crippen molar-refractivity contribution >= 4 is 15.9 Å². The highest BCUT2D eigenvalue weighted by molar-refractivity contribution is 9.10. The fourth-order valence-corrected chi connectivity index (χ4v) is 3.31. The molecule has 1 aromatic heterocycles. The van der Waals surface area contributed by atoms with E-state index in [9.17, 15) is 4.39 Å². The van der Waals surface area contributed by atoms with Crippen LogP contribution in [0.15, 0.2) is 59.2 Å². The number of benzene rings is 2. The van der Waals surface area contributed by atoms with Crippen LogP contribution in [0.3, 0.4) is 0 Å². The summed E-state index contributed by atoms with van der Waals surface area (Å²) < 4.78 is 26.6. The predicted molar refractivity (Wildman–Crippen MR) is 113 cm³/mol. The van der Waals surface area contributed by atoms with Gasteiger partial charge in [-0.2, -0.15) is 0 Å². The van der Waals surface area contributed by atoms with Crippen LogP contribution in [0.2, 0.25) is 0 Å². The van der Waals surface area contributed by atoms with Crippen molar-refractivity contribution in [3.8, 4) is 22.8 Å². The lowest BCUT2D eigenvalue weighted by Gasteiger charge is -2.24. The third kappa shape index (κ3) is 4.71. The molecule has 0 aliphatic rings. The van der Waals surface area contributed by atoms with Crippen molar-refractivity contribution in [2.45, 2.75) is 32.8 Å². The Kier molecular flexibility index (Phi) is 6.04. The normalized spacial score (nSPS) is 11.4. The summed E-state index contributed by atoms with van der Waals surface area (Å²) in [5.41, 5.74) is 3.26. The molecule has 0 spiro atoms. The lowest BCUT2D eigenvalue weighted by molar-refractivity contribution is 0.293. The van der Waals surface area contributed by atoms with Crippen molar-refractivity contribution in [3.63, 3.8) is 0 Å². The van der Waals surface area contributed by atoms with E-state index < -0.39 is 0 Å². The van der Waals surface area contributed by atoms with Crippen LogP contribution in [0.4, 0.5) is 4.39 Å². The van der Waals surface area contributed by atoms with Crippen molar-refractivity contribution in [2.24, 2.45) is 0 Å². The van der Waals surface area contributed by atoms with Gasteiger partial charge in [-0.25, -0.2) is 9.37 Å². The molecule has 3 rings (SSSR count). The second-order valence-corrected chi connectivity index (χ2v) is 8.49. The van der Waals surface area contributed by atoms with Gasteiger partial charge in [-0.3, -0.25) is 0 Å². The topological polar surface area (TPSA) is 31.4 Å². The Bertz CT molecular complexity index is 983. The fourth-order valence-electron chi connectivity index (χ4n) is 3.00.